The Balaban J connectivity index is 2.77. The lowest BCUT2D eigenvalue weighted by Crippen LogP contribution is -2.42. The summed E-state index contributed by atoms with van der Waals surface area (Å²) in [4.78, 5) is 24.0. The highest BCUT2D eigenvalue weighted by Crippen LogP contribution is 2.33. The lowest BCUT2D eigenvalue weighted by molar-refractivity contribution is -0.149. The van der Waals surface area contributed by atoms with Gasteiger partial charge >= 0.3 is 5.97 Å². The topological polar surface area (TPSA) is 66.8 Å². The molecule has 0 saturated carbocycles. The van der Waals surface area contributed by atoms with E-state index in [1.165, 1.54) is 12.0 Å². The molecule has 1 atom stereocenters. The monoisotopic (exact) mass is 215 g/mol. The van der Waals surface area contributed by atoms with E-state index in [0.717, 1.165) is 0 Å². The van der Waals surface area contributed by atoms with Gasteiger partial charge in [0.15, 0.2) is 0 Å². The van der Waals surface area contributed by atoms with Crippen molar-refractivity contribution >= 4 is 11.9 Å². The van der Waals surface area contributed by atoms with Crippen LogP contribution in [0, 0.1) is 5.41 Å². The molecule has 5 nitrogen and oxygen atoms in total. The molecule has 0 bridgehead atoms. The first kappa shape index (κ1) is 12.0. The zero-order valence-electron chi connectivity index (χ0n) is 9.32. The van der Waals surface area contributed by atoms with E-state index in [4.69, 9.17) is 9.84 Å². The van der Waals surface area contributed by atoms with Gasteiger partial charge in [0.1, 0.15) is 12.6 Å². The van der Waals surface area contributed by atoms with Gasteiger partial charge in [0.25, 0.3) is 0 Å². The lowest BCUT2D eigenvalue weighted by atomic mass is 9.91. The van der Waals surface area contributed by atoms with Crippen LogP contribution in [0.2, 0.25) is 0 Å². The molecule has 1 unspecified atom stereocenters. The maximum atomic E-state index is 11.6. The first-order chi connectivity index (χ1) is 6.87. The molecular formula is C10H17NO4. The molecule has 0 aromatic carbocycles. The van der Waals surface area contributed by atoms with Crippen molar-refractivity contribution in [2.45, 2.75) is 26.3 Å². The number of carbonyl (C=O) groups excluding carboxylic acids is 1. The number of aliphatic carboxylic acids is 1. The average molecular weight is 215 g/mol. The van der Waals surface area contributed by atoms with Crippen molar-refractivity contribution in [2.24, 2.45) is 5.41 Å². The van der Waals surface area contributed by atoms with Crippen LogP contribution in [0.15, 0.2) is 0 Å². The molecule has 0 spiro atoms. The Labute approximate surface area is 89.0 Å². The Hall–Kier alpha value is -1.10. The minimum Gasteiger partial charge on any atom is -0.480 e. The van der Waals surface area contributed by atoms with Crippen LogP contribution in [0.3, 0.4) is 0 Å². The predicted molar refractivity (Wildman–Crippen MR) is 53.4 cm³/mol. The van der Waals surface area contributed by atoms with E-state index in [2.05, 4.69) is 0 Å². The number of carboxylic acid groups (broad SMARTS) is 1. The zero-order chi connectivity index (χ0) is 11.6. The van der Waals surface area contributed by atoms with E-state index in [0.29, 0.717) is 13.0 Å². The number of hydrogen-bond acceptors (Lipinski definition) is 3. The maximum absolute atomic E-state index is 11.6. The number of carbonyl (C=O) groups is 2. The van der Waals surface area contributed by atoms with Crippen LogP contribution in [-0.4, -0.2) is 48.2 Å². The zero-order valence-corrected chi connectivity index (χ0v) is 9.32. The van der Waals surface area contributed by atoms with Crippen LogP contribution < -0.4 is 0 Å². The standard InChI is InChI=1S/C10H17NO4/c1-10(2)4-7(9(13)14)11(6-10)8(12)5-15-3/h7H,4-6H2,1-3H3,(H,13,14). The summed E-state index contributed by atoms with van der Waals surface area (Å²) in [5.74, 6) is -1.19. The Bertz CT molecular complexity index is 275. The van der Waals surface area contributed by atoms with Crippen molar-refractivity contribution in [1.82, 2.24) is 4.90 Å². The quantitative estimate of drug-likeness (QED) is 0.737. The molecular weight excluding hydrogens is 198 g/mol. The van der Waals surface area contributed by atoms with Crippen LogP contribution in [0.4, 0.5) is 0 Å². The van der Waals surface area contributed by atoms with E-state index in [-0.39, 0.29) is 17.9 Å². The highest BCUT2D eigenvalue weighted by atomic mass is 16.5. The largest absolute Gasteiger partial charge is 0.480 e. The summed E-state index contributed by atoms with van der Waals surface area (Å²) in [6.45, 7) is 4.35. The Morgan fingerprint density at radius 1 is 1.53 bits per heavy atom. The molecule has 1 aliphatic rings. The Kier molecular flexibility index (Phi) is 3.34. The molecule has 1 heterocycles. The van der Waals surface area contributed by atoms with Gasteiger partial charge in [0, 0.05) is 13.7 Å². The number of rotatable bonds is 3. The fourth-order valence-corrected chi connectivity index (χ4v) is 1.96. The van der Waals surface area contributed by atoms with Gasteiger partial charge in [-0.2, -0.15) is 0 Å². The predicted octanol–water partition coefficient (Wildman–Crippen LogP) is 0.344. The van der Waals surface area contributed by atoms with Crippen molar-refractivity contribution in [3.8, 4) is 0 Å². The van der Waals surface area contributed by atoms with Gasteiger partial charge < -0.3 is 14.7 Å². The Morgan fingerprint density at radius 3 is 2.60 bits per heavy atom. The molecule has 0 radical (unpaired) electrons. The average Bonchev–Trinajstić information content (AvgIpc) is 2.42. The molecule has 1 fully saturated rings. The van der Waals surface area contributed by atoms with E-state index in [1.807, 2.05) is 13.8 Å². The molecule has 0 aromatic heterocycles. The second-order valence-corrected chi connectivity index (χ2v) is 4.68. The van der Waals surface area contributed by atoms with Crippen molar-refractivity contribution in [2.75, 3.05) is 20.3 Å². The summed E-state index contributed by atoms with van der Waals surface area (Å²) in [5.41, 5.74) is -0.132. The molecule has 1 saturated heterocycles. The van der Waals surface area contributed by atoms with Gasteiger partial charge in [-0.05, 0) is 11.8 Å². The highest BCUT2D eigenvalue weighted by molar-refractivity contribution is 5.85. The van der Waals surface area contributed by atoms with Gasteiger partial charge in [-0.1, -0.05) is 13.8 Å². The summed E-state index contributed by atoms with van der Waals surface area (Å²) in [5, 5.41) is 9.00. The fourth-order valence-electron chi connectivity index (χ4n) is 1.96. The van der Waals surface area contributed by atoms with Crippen LogP contribution >= 0.6 is 0 Å². The molecule has 1 N–H and O–H groups in total. The van der Waals surface area contributed by atoms with E-state index in [9.17, 15) is 9.59 Å². The highest BCUT2D eigenvalue weighted by Gasteiger charge is 2.43. The number of amides is 1. The van der Waals surface area contributed by atoms with E-state index in [1.54, 1.807) is 0 Å². The fraction of sp³-hybridized carbons (Fsp3) is 0.800. The minimum atomic E-state index is -0.940. The molecule has 5 heteroatoms. The molecule has 15 heavy (non-hydrogen) atoms. The van der Waals surface area contributed by atoms with Gasteiger partial charge in [-0.3, -0.25) is 4.79 Å². The SMILES string of the molecule is COCC(=O)N1CC(C)(C)CC1C(=O)O. The van der Waals surface area contributed by atoms with Crippen molar-refractivity contribution in [3.05, 3.63) is 0 Å². The number of nitrogens with zero attached hydrogens (tertiary/aromatic N) is 1. The maximum Gasteiger partial charge on any atom is 0.326 e. The van der Waals surface area contributed by atoms with Crippen LogP contribution in [0.25, 0.3) is 0 Å². The van der Waals surface area contributed by atoms with Crippen molar-refractivity contribution in [3.63, 3.8) is 0 Å². The first-order valence-electron chi connectivity index (χ1n) is 4.88. The smallest absolute Gasteiger partial charge is 0.326 e. The molecule has 1 rings (SSSR count). The summed E-state index contributed by atoms with van der Waals surface area (Å²) in [7, 11) is 1.43. The second kappa shape index (κ2) is 4.18. The van der Waals surface area contributed by atoms with Crippen LogP contribution in [0.1, 0.15) is 20.3 Å². The third kappa shape index (κ3) is 2.68. The molecule has 0 aliphatic carbocycles. The lowest BCUT2D eigenvalue weighted by Gasteiger charge is -2.21. The number of methoxy groups -OCH3 is 1. The first-order valence-corrected chi connectivity index (χ1v) is 4.88. The van der Waals surface area contributed by atoms with Gasteiger partial charge in [0.2, 0.25) is 5.91 Å². The Morgan fingerprint density at radius 2 is 2.13 bits per heavy atom. The summed E-state index contributed by atoms with van der Waals surface area (Å²) in [6.07, 6.45) is 0.498. The van der Waals surface area contributed by atoms with Gasteiger partial charge in [-0.15, -0.1) is 0 Å². The van der Waals surface area contributed by atoms with Crippen LogP contribution in [-0.2, 0) is 14.3 Å². The normalized spacial score (nSPS) is 24.2. The number of carboxylic acids is 1. The number of ether oxygens (including phenoxy) is 1. The second-order valence-electron chi connectivity index (χ2n) is 4.68. The summed E-state index contributed by atoms with van der Waals surface area (Å²) in [6, 6.07) is -0.706. The molecule has 86 valence electrons. The summed E-state index contributed by atoms with van der Waals surface area (Å²) < 4.78 is 4.73. The molecule has 1 amide bonds. The number of likely N-dealkylation sites (tertiary alicyclic amines) is 1. The number of hydrogen-bond donors (Lipinski definition) is 1. The molecule has 1 aliphatic heterocycles. The third-order valence-corrected chi connectivity index (χ3v) is 2.59. The van der Waals surface area contributed by atoms with Gasteiger partial charge in [0.05, 0.1) is 0 Å². The van der Waals surface area contributed by atoms with Crippen LogP contribution in [0.5, 0.6) is 0 Å². The van der Waals surface area contributed by atoms with E-state index < -0.39 is 12.0 Å². The van der Waals surface area contributed by atoms with Gasteiger partial charge in [-0.25, -0.2) is 4.79 Å². The summed E-state index contributed by atoms with van der Waals surface area (Å²) >= 11 is 0. The molecule has 0 aromatic rings. The van der Waals surface area contributed by atoms with Crippen molar-refractivity contribution < 1.29 is 19.4 Å². The van der Waals surface area contributed by atoms with E-state index >= 15 is 0 Å². The van der Waals surface area contributed by atoms with Crippen molar-refractivity contribution in [1.29, 1.82) is 0 Å². The minimum absolute atomic E-state index is 0.0557. The third-order valence-electron chi connectivity index (χ3n) is 2.59.